The monoisotopic (exact) mass is 113 g/mol. The first-order valence-corrected chi connectivity index (χ1v) is 3.31. The Kier molecular flexibility index (Phi) is 21.2. The third-order valence-electron chi connectivity index (χ3n) is 0. The number of hydrogen-bond donors (Lipinski definition) is 0. The Morgan fingerprint density at radius 1 is 1.75 bits per heavy atom. The van der Waals surface area contributed by atoms with Crippen molar-refractivity contribution in [3.05, 3.63) is 0 Å². The summed E-state index contributed by atoms with van der Waals surface area (Å²) in [6, 6.07) is 0. The second-order valence-corrected chi connectivity index (χ2v) is 2.60. The maximum absolute atomic E-state index is 2.18. The molecule has 23 valence electrons. The molecule has 0 saturated carbocycles. The van der Waals surface area contributed by atoms with E-state index in [0.29, 0.717) is 0 Å². The molecule has 0 aromatic carbocycles. The van der Waals surface area contributed by atoms with Gasteiger partial charge in [0.05, 0.1) is 0 Å². The van der Waals surface area contributed by atoms with Crippen LogP contribution in [0.2, 0.25) is 5.02 Å². The van der Waals surface area contributed by atoms with Gasteiger partial charge in [-0.1, -0.05) is 0 Å². The molecule has 0 aliphatic carbocycles. The Labute approximate surface area is 35.6 Å². The summed E-state index contributed by atoms with van der Waals surface area (Å²) < 4.78 is 0. The van der Waals surface area contributed by atoms with Gasteiger partial charge in [-0.05, 0) is 0 Å². The first kappa shape index (κ1) is 8.82. The summed E-state index contributed by atoms with van der Waals surface area (Å²) in [5, 5.41) is 1.38. The van der Waals surface area contributed by atoms with Gasteiger partial charge in [0.25, 0.3) is 0 Å². The van der Waals surface area contributed by atoms with Crippen molar-refractivity contribution >= 4 is 0 Å². The number of halogens is 1. The molecular formula is C2H6FZn. The van der Waals surface area contributed by atoms with Gasteiger partial charge in [0.1, 0.15) is 0 Å². The van der Waals surface area contributed by atoms with Crippen LogP contribution in [0.4, 0.5) is 4.70 Å². The molecule has 0 nitrogen and oxygen atoms in total. The van der Waals surface area contributed by atoms with Gasteiger partial charge in [-0.2, -0.15) is 0 Å². The maximum atomic E-state index is 2.18. The average Bonchev–Trinajstić information content (AvgIpc) is 0.918. The second kappa shape index (κ2) is 9.60. The van der Waals surface area contributed by atoms with Crippen LogP contribution in [0.1, 0.15) is 6.92 Å². The molecule has 0 spiro atoms. The average molecular weight is 114 g/mol. The van der Waals surface area contributed by atoms with Crippen LogP contribution in [-0.4, -0.2) is 0 Å². The van der Waals surface area contributed by atoms with Crippen LogP contribution >= 0.6 is 0 Å². The molecule has 0 aliphatic heterocycles. The van der Waals surface area contributed by atoms with Crippen molar-refractivity contribution in [1.29, 1.82) is 0 Å². The van der Waals surface area contributed by atoms with Gasteiger partial charge in [0, 0.05) is 0 Å². The summed E-state index contributed by atoms with van der Waals surface area (Å²) in [6.45, 7) is 2.18. The largest absolute Gasteiger partial charge is 0.269 e. The van der Waals surface area contributed by atoms with Crippen LogP contribution in [0.5, 0.6) is 0 Å². The van der Waals surface area contributed by atoms with Crippen molar-refractivity contribution in [2.75, 3.05) is 0 Å². The Hall–Kier alpha value is 0.553. The summed E-state index contributed by atoms with van der Waals surface area (Å²) in [6.07, 6.45) is 0. The normalized spacial score (nSPS) is 4.75. The zero-order chi connectivity index (χ0) is 2.71. The quantitative estimate of drug-likeness (QED) is 0.414. The van der Waals surface area contributed by atoms with Crippen molar-refractivity contribution in [3.8, 4) is 0 Å². The Morgan fingerprint density at radius 2 is 1.75 bits per heavy atom. The summed E-state index contributed by atoms with van der Waals surface area (Å²) >= 11 is 1.44. The third-order valence-corrected chi connectivity index (χ3v) is 0. The molecule has 0 N–H and O–H groups in total. The fourth-order valence-corrected chi connectivity index (χ4v) is 0. The molecule has 4 heavy (non-hydrogen) atoms. The summed E-state index contributed by atoms with van der Waals surface area (Å²) in [4.78, 5) is 0. The van der Waals surface area contributed by atoms with E-state index in [0.717, 1.165) is 0 Å². The topological polar surface area (TPSA) is 0 Å². The van der Waals surface area contributed by atoms with Crippen LogP contribution in [0.3, 0.4) is 0 Å². The van der Waals surface area contributed by atoms with Gasteiger partial charge < -0.3 is 0 Å². The predicted molar refractivity (Wildman–Crippen MR) is 13.0 cm³/mol. The van der Waals surface area contributed by atoms with Crippen LogP contribution in [0.25, 0.3) is 0 Å². The van der Waals surface area contributed by atoms with Crippen molar-refractivity contribution < 1.29 is 23.0 Å². The molecular weight excluding hydrogens is 108 g/mol. The molecule has 0 bridgehead atoms. The summed E-state index contributed by atoms with van der Waals surface area (Å²) in [5.41, 5.74) is 0. The third kappa shape index (κ3) is 20.1. The van der Waals surface area contributed by atoms with Gasteiger partial charge in [0.2, 0.25) is 0 Å². The van der Waals surface area contributed by atoms with E-state index in [4.69, 9.17) is 0 Å². The van der Waals surface area contributed by atoms with E-state index in [1.54, 1.807) is 0 Å². The van der Waals surface area contributed by atoms with E-state index >= 15 is 0 Å². The van der Waals surface area contributed by atoms with Gasteiger partial charge in [-0.3, -0.25) is 4.70 Å². The Bertz CT molecular complexity index is 6.00. The molecule has 0 radical (unpaired) electrons. The first-order valence-electron chi connectivity index (χ1n) is 1.21. The number of rotatable bonds is 0. The van der Waals surface area contributed by atoms with E-state index in [-0.39, 0.29) is 4.70 Å². The minimum absolute atomic E-state index is 0. The van der Waals surface area contributed by atoms with Gasteiger partial charge >= 0.3 is 30.2 Å². The molecule has 2 heteroatoms. The second-order valence-electron chi connectivity index (χ2n) is 0.500. The van der Waals surface area contributed by atoms with E-state index in [1.807, 2.05) is 0 Å². The van der Waals surface area contributed by atoms with Gasteiger partial charge in [-0.25, -0.2) is 0 Å². The maximum Gasteiger partial charge on any atom is -0.269 e. The Morgan fingerprint density at radius 3 is 1.75 bits per heavy atom. The molecule has 0 aromatic rings. The van der Waals surface area contributed by atoms with E-state index in [1.165, 1.54) is 23.3 Å². The number of hydrogen-bond acceptors (Lipinski definition) is 0. The molecule has 0 aliphatic rings. The summed E-state index contributed by atoms with van der Waals surface area (Å²) in [5.74, 6) is 0. The standard InChI is InChI=1S/C2H5.FH.Zn/c1-2;;/h1H2,2H3;1H;. The van der Waals surface area contributed by atoms with Crippen molar-refractivity contribution in [2.24, 2.45) is 0 Å². The van der Waals surface area contributed by atoms with Crippen LogP contribution in [-0.2, 0) is 18.3 Å². The van der Waals surface area contributed by atoms with Gasteiger partial charge in [0.15, 0.2) is 0 Å². The van der Waals surface area contributed by atoms with Gasteiger partial charge in [-0.15, -0.1) is 0 Å². The molecule has 0 atom stereocenters. The van der Waals surface area contributed by atoms with E-state index in [2.05, 4.69) is 6.92 Å². The van der Waals surface area contributed by atoms with E-state index < -0.39 is 0 Å². The molecule has 0 rings (SSSR count). The molecule has 0 fully saturated rings. The minimum Gasteiger partial charge on any atom is -0.269 e. The van der Waals surface area contributed by atoms with Crippen molar-refractivity contribution in [3.63, 3.8) is 0 Å². The zero-order valence-electron chi connectivity index (χ0n) is 2.82. The van der Waals surface area contributed by atoms with Crippen LogP contribution in [0, 0.1) is 0 Å². The molecule has 0 aromatic heterocycles. The van der Waals surface area contributed by atoms with E-state index in [9.17, 15) is 0 Å². The zero-order valence-corrected chi connectivity index (χ0v) is 5.79. The van der Waals surface area contributed by atoms with Crippen molar-refractivity contribution in [1.82, 2.24) is 0 Å². The SMILES string of the molecule is C[CH2][Zn].F. The van der Waals surface area contributed by atoms with Crippen LogP contribution < -0.4 is 0 Å². The predicted octanol–water partition coefficient (Wildman–Crippen LogP) is 1.12. The van der Waals surface area contributed by atoms with Crippen molar-refractivity contribution in [2.45, 2.75) is 11.9 Å². The molecule has 0 heterocycles. The summed E-state index contributed by atoms with van der Waals surface area (Å²) in [7, 11) is 0. The molecule has 0 amide bonds. The Balaban J connectivity index is 0. The molecule has 0 unspecified atom stereocenters. The fraction of sp³-hybridized carbons (Fsp3) is 1.00. The fourth-order valence-electron chi connectivity index (χ4n) is 0. The first-order chi connectivity index (χ1) is 1.41. The molecule has 0 saturated heterocycles. The minimum atomic E-state index is 0. The smallest absolute Gasteiger partial charge is 0.269 e. The van der Waals surface area contributed by atoms with Crippen LogP contribution in [0.15, 0.2) is 0 Å².